The molecule has 4 atom stereocenters. The highest BCUT2D eigenvalue weighted by Gasteiger charge is 2.51. The second-order valence-electron chi connectivity index (χ2n) is 15.6. The molecule has 2 aromatic carbocycles. The van der Waals surface area contributed by atoms with Crippen LogP contribution in [0.25, 0.3) is 0 Å². The SMILES string of the molecule is CCCCCCCCCCCCOc1ccc(N2CC(COCC(CC)CCCC)O[P+](O)(c3ccccc3)OC(COCC(CC)CCCC)C2)cc1. The molecule has 2 aromatic rings. The third-order valence-electron chi connectivity index (χ3n) is 10.9. The first kappa shape index (κ1) is 46.7. The fourth-order valence-corrected chi connectivity index (χ4v) is 9.14. The van der Waals surface area contributed by atoms with Crippen LogP contribution >= 0.6 is 7.94 Å². The van der Waals surface area contributed by atoms with Crippen molar-refractivity contribution >= 4 is 18.9 Å². The fourth-order valence-electron chi connectivity index (χ4n) is 7.24. The van der Waals surface area contributed by atoms with Crippen LogP contribution in [0.15, 0.2) is 54.6 Å². The quantitative estimate of drug-likeness (QED) is 0.0626. The molecular weight excluding hydrogens is 693 g/mol. The topological polar surface area (TPSA) is 69.6 Å². The van der Waals surface area contributed by atoms with E-state index in [9.17, 15) is 4.89 Å². The Kier molecular flexibility index (Phi) is 24.7. The number of ether oxygens (including phenoxy) is 3. The zero-order valence-electron chi connectivity index (χ0n) is 35.1. The largest absolute Gasteiger partial charge is 0.494 e. The summed E-state index contributed by atoms with van der Waals surface area (Å²) in [6.07, 6.45) is 21.7. The summed E-state index contributed by atoms with van der Waals surface area (Å²) in [4.78, 5) is 14.6. The average Bonchev–Trinajstić information content (AvgIpc) is 3.19. The first-order valence-electron chi connectivity index (χ1n) is 22.1. The molecule has 1 saturated heterocycles. The van der Waals surface area contributed by atoms with Gasteiger partial charge in [-0.3, -0.25) is 0 Å². The standard InChI is InChI=1S/C46H79NO6P/c1-6-11-14-15-16-17-18-19-20-24-33-51-43-31-29-42(30-32-43)47-34-44(38-49-36-40(9-4)25-12-7-2)52-54(48,46-27-22-21-23-28-46)53-45(35-47)39-50-37-41(10-5)26-13-8-3/h21-23,27-32,40-41,44-45,48H,6-20,24-26,33-39H2,1-5H3/q+1. The summed E-state index contributed by atoms with van der Waals surface area (Å²) in [5.41, 5.74) is 1.07. The molecule has 0 radical (unpaired) electrons. The Balaban J connectivity index is 1.69. The van der Waals surface area contributed by atoms with Crippen LogP contribution in [0.4, 0.5) is 5.69 Å². The second-order valence-corrected chi connectivity index (χ2v) is 17.6. The predicted octanol–water partition coefficient (Wildman–Crippen LogP) is 12.1. The molecule has 54 heavy (non-hydrogen) atoms. The smallest absolute Gasteiger partial charge is 0.446 e. The molecule has 1 N–H and O–H groups in total. The summed E-state index contributed by atoms with van der Waals surface area (Å²) in [5, 5.41) is 0.682. The molecule has 0 bridgehead atoms. The van der Waals surface area contributed by atoms with Crippen LogP contribution in [0.5, 0.6) is 5.75 Å². The third kappa shape index (κ3) is 18.5. The molecule has 0 amide bonds. The van der Waals surface area contributed by atoms with Crippen LogP contribution in [0, 0.1) is 11.8 Å². The number of benzene rings is 2. The number of hydrogen-bond acceptors (Lipinski definition) is 7. The Labute approximate surface area is 331 Å². The fraction of sp³-hybridized carbons (Fsp3) is 0.739. The van der Waals surface area contributed by atoms with Crippen molar-refractivity contribution in [3.8, 4) is 5.75 Å². The minimum atomic E-state index is -3.44. The van der Waals surface area contributed by atoms with E-state index in [-0.39, 0.29) is 12.2 Å². The van der Waals surface area contributed by atoms with Gasteiger partial charge in [-0.1, -0.05) is 149 Å². The number of hydrogen-bond donors (Lipinski definition) is 1. The van der Waals surface area contributed by atoms with Crippen molar-refractivity contribution in [1.82, 2.24) is 0 Å². The number of rotatable bonds is 30. The Morgan fingerprint density at radius 2 is 1.11 bits per heavy atom. The van der Waals surface area contributed by atoms with Crippen molar-refractivity contribution in [2.45, 2.75) is 162 Å². The normalized spacial score (nSPS) is 20.4. The van der Waals surface area contributed by atoms with Gasteiger partial charge in [0.1, 0.15) is 18.0 Å². The average molecular weight is 773 g/mol. The van der Waals surface area contributed by atoms with E-state index in [0.29, 0.717) is 56.7 Å². The highest BCUT2D eigenvalue weighted by Crippen LogP contribution is 2.58. The van der Waals surface area contributed by atoms with Crippen molar-refractivity contribution in [2.24, 2.45) is 11.8 Å². The summed E-state index contributed by atoms with van der Waals surface area (Å²) in [5.74, 6) is 1.94. The Hall–Kier alpha value is -1.73. The molecular formula is C46H79NO6P+. The predicted molar refractivity (Wildman–Crippen MR) is 229 cm³/mol. The highest BCUT2D eigenvalue weighted by molar-refractivity contribution is 7.68. The van der Waals surface area contributed by atoms with E-state index in [2.05, 4.69) is 63.8 Å². The molecule has 8 heteroatoms. The third-order valence-corrected chi connectivity index (χ3v) is 13.0. The van der Waals surface area contributed by atoms with Crippen LogP contribution in [0.2, 0.25) is 0 Å². The molecule has 0 aliphatic carbocycles. The lowest BCUT2D eigenvalue weighted by Gasteiger charge is -2.36. The van der Waals surface area contributed by atoms with E-state index in [4.69, 9.17) is 23.3 Å². The van der Waals surface area contributed by atoms with Gasteiger partial charge in [-0.2, -0.15) is 13.9 Å². The molecule has 0 saturated carbocycles. The first-order chi connectivity index (χ1) is 26.4. The molecule has 308 valence electrons. The van der Waals surface area contributed by atoms with Gasteiger partial charge in [0.25, 0.3) is 0 Å². The van der Waals surface area contributed by atoms with Crippen LogP contribution in [0.3, 0.4) is 0 Å². The summed E-state index contributed by atoms with van der Waals surface area (Å²) >= 11 is 0. The van der Waals surface area contributed by atoms with Gasteiger partial charge in [-0.25, -0.2) is 0 Å². The molecule has 1 heterocycles. The molecule has 1 aliphatic rings. The van der Waals surface area contributed by atoms with E-state index < -0.39 is 7.94 Å². The monoisotopic (exact) mass is 773 g/mol. The van der Waals surface area contributed by atoms with Crippen LogP contribution in [-0.4, -0.2) is 63.2 Å². The molecule has 1 aliphatic heterocycles. The maximum atomic E-state index is 12.2. The van der Waals surface area contributed by atoms with Crippen molar-refractivity contribution < 1.29 is 28.2 Å². The molecule has 4 unspecified atom stereocenters. The number of nitrogens with zero attached hydrogens (tertiary/aromatic N) is 1. The van der Waals surface area contributed by atoms with Gasteiger partial charge >= 0.3 is 7.94 Å². The van der Waals surface area contributed by atoms with E-state index in [1.807, 2.05) is 30.3 Å². The zero-order valence-corrected chi connectivity index (χ0v) is 36.0. The molecule has 7 nitrogen and oxygen atoms in total. The van der Waals surface area contributed by atoms with Crippen molar-refractivity contribution in [3.05, 3.63) is 54.6 Å². The maximum absolute atomic E-state index is 12.2. The van der Waals surface area contributed by atoms with Gasteiger partial charge in [-0.05, 0) is 67.5 Å². The molecule has 3 rings (SSSR count). The lowest BCUT2D eigenvalue weighted by atomic mass is 10.0. The van der Waals surface area contributed by atoms with Crippen LogP contribution in [0.1, 0.15) is 150 Å². The van der Waals surface area contributed by atoms with Gasteiger partial charge in [0.2, 0.25) is 0 Å². The van der Waals surface area contributed by atoms with Crippen molar-refractivity contribution in [1.29, 1.82) is 0 Å². The lowest BCUT2D eigenvalue weighted by molar-refractivity contribution is -0.0112. The van der Waals surface area contributed by atoms with E-state index in [1.54, 1.807) is 0 Å². The van der Waals surface area contributed by atoms with Crippen LogP contribution < -0.4 is 14.9 Å². The highest BCUT2D eigenvalue weighted by atomic mass is 31.2. The Morgan fingerprint density at radius 3 is 1.59 bits per heavy atom. The minimum Gasteiger partial charge on any atom is -0.494 e. The van der Waals surface area contributed by atoms with Gasteiger partial charge in [0.15, 0.2) is 5.30 Å². The van der Waals surface area contributed by atoms with E-state index >= 15 is 0 Å². The summed E-state index contributed by atoms with van der Waals surface area (Å²) in [6.45, 7) is 15.3. The number of anilines is 1. The summed E-state index contributed by atoms with van der Waals surface area (Å²) in [7, 11) is -3.44. The van der Waals surface area contributed by atoms with E-state index in [0.717, 1.165) is 37.3 Å². The first-order valence-corrected chi connectivity index (χ1v) is 23.7. The number of unbranched alkanes of at least 4 members (excludes halogenated alkanes) is 11. The van der Waals surface area contributed by atoms with Crippen molar-refractivity contribution in [2.75, 3.05) is 51.0 Å². The summed E-state index contributed by atoms with van der Waals surface area (Å²) in [6, 6.07) is 18.1. The Bertz CT molecular complexity index is 1140. The van der Waals surface area contributed by atoms with Gasteiger partial charge in [0, 0.05) is 18.9 Å². The van der Waals surface area contributed by atoms with Gasteiger partial charge < -0.3 is 19.1 Å². The molecule has 0 aromatic heterocycles. The maximum Gasteiger partial charge on any atom is 0.446 e. The molecule has 0 spiro atoms. The Morgan fingerprint density at radius 1 is 0.630 bits per heavy atom. The van der Waals surface area contributed by atoms with Gasteiger partial charge in [0.05, 0.1) is 32.9 Å². The van der Waals surface area contributed by atoms with E-state index in [1.165, 1.54) is 96.3 Å². The zero-order chi connectivity index (χ0) is 38.7. The summed E-state index contributed by atoms with van der Waals surface area (Å²) < 4.78 is 32.3. The van der Waals surface area contributed by atoms with Gasteiger partial charge in [-0.15, -0.1) is 0 Å². The molecule has 1 fully saturated rings. The minimum absolute atomic E-state index is 0.383. The van der Waals surface area contributed by atoms with Crippen LogP contribution in [-0.2, 0) is 18.5 Å². The lowest BCUT2D eigenvalue weighted by Crippen LogP contribution is -2.47. The van der Waals surface area contributed by atoms with Crippen molar-refractivity contribution in [3.63, 3.8) is 0 Å². The second kappa shape index (κ2) is 28.6.